The van der Waals surface area contributed by atoms with Crippen LogP contribution >= 0.6 is 23.1 Å². The predicted molar refractivity (Wildman–Crippen MR) is 107 cm³/mol. The zero-order valence-corrected chi connectivity index (χ0v) is 16.3. The Bertz CT molecular complexity index is 919. The van der Waals surface area contributed by atoms with Crippen molar-refractivity contribution < 1.29 is 13.9 Å². The van der Waals surface area contributed by atoms with Gasteiger partial charge >= 0.3 is 0 Å². The summed E-state index contributed by atoms with van der Waals surface area (Å²) in [6.07, 6.45) is 2.29. The highest BCUT2D eigenvalue weighted by Crippen LogP contribution is 2.35. The van der Waals surface area contributed by atoms with E-state index < -0.39 is 0 Å². The number of hydrazone groups is 1. The van der Waals surface area contributed by atoms with Crippen LogP contribution in [0.2, 0.25) is 0 Å². The lowest BCUT2D eigenvalue weighted by atomic mass is 10.1. The van der Waals surface area contributed by atoms with E-state index in [1.807, 2.05) is 53.9 Å². The number of carbonyl (C=O) groups is 1. The van der Waals surface area contributed by atoms with Crippen LogP contribution in [-0.4, -0.2) is 29.5 Å². The van der Waals surface area contributed by atoms with Gasteiger partial charge in [-0.05, 0) is 47.8 Å². The van der Waals surface area contributed by atoms with Crippen molar-refractivity contribution in [3.63, 3.8) is 0 Å². The fourth-order valence-electron chi connectivity index (χ4n) is 2.92. The molecule has 0 saturated carbocycles. The van der Waals surface area contributed by atoms with Gasteiger partial charge in [-0.25, -0.2) is 5.01 Å². The van der Waals surface area contributed by atoms with Crippen molar-refractivity contribution in [3.8, 4) is 5.75 Å². The third-order valence-electron chi connectivity index (χ3n) is 4.26. The van der Waals surface area contributed by atoms with Gasteiger partial charge in [0.1, 0.15) is 17.6 Å². The Kier molecular flexibility index (Phi) is 5.31. The Morgan fingerprint density at radius 1 is 1.30 bits per heavy atom. The molecule has 27 heavy (non-hydrogen) atoms. The Morgan fingerprint density at radius 2 is 2.15 bits per heavy atom. The Balaban J connectivity index is 1.49. The van der Waals surface area contributed by atoms with Gasteiger partial charge in [0.15, 0.2) is 0 Å². The zero-order chi connectivity index (χ0) is 18.6. The molecule has 0 aliphatic carbocycles. The molecule has 1 aromatic carbocycles. The summed E-state index contributed by atoms with van der Waals surface area (Å²) in [4.78, 5) is 15.0. The van der Waals surface area contributed by atoms with E-state index in [-0.39, 0.29) is 11.9 Å². The van der Waals surface area contributed by atoms with E-state index in [1.165, 1.54) is 11.8 Å². The van der Waals surface area contributed by atoms with Crippen LogP contribution in [0.25, 0.3) is 0 Å². The number of furan rings is 1. The van der Waals surface area contributed by atoms with Crippen molar-refractivity contribution >= 4 is 34.7 Å². The number of thiophene rings is 1. The van der Waals surface area contributed by atoms with Gasteiger partial charge in [-0.15, -0.1) is 23.1 Å². The number of hydrogen-bond donors (Lipinski definition) is 0. The second-order valence-corrected chi connectivity index (χ2v) is 7.96. The number of rotatable bonds is 6. The molecule has 2 aromatic heterocycles. The van der Waals surface area contributed by atoms with E-state index in [0.717, 1.165) is 27.0 Å². The molecule has 0 saturated heterocycles. The van der Waals surface area contributed by atoms with Gasteiger partial charge in [0.25, 0.3) is 5.91 Å². The van der Waals surface area contributed by atoms with Crippen molar-refractivity contribution in [1.29, 1.82) is 0 Å². The molecule has 0 unspecified atom stereocenters. The molecule has 0 spiro atoms. The first-order valence-corrected chi connectivity index (χ1v) is 10.3. The molecular formula is C20H18N2O3S2. The molecule has 5 nitrogen and oxygen atoms in total. The quantitative estimate of drug-likeness (QED) is 0.559. The Labute approximate surface area is 165 Å². The lowest BCUT2D eigenvalue weighted by molar-refractivity contribution is -0.130. The van der Waals surface area contributed by atoms with E-state index >= 15 is 0 Å². The molecule has 1 amide bonds. The highest BCUT2D eigenvalue weighted by atomic mass is 32.2. The van der Waals surface area contributed by atoms with Crippen molar-refractivity contribution in [2.45, 2.75) is 17.4 Å². The number of ether oxygens (including phenoxy) is 1. The number of benzene rings is 1. The molecule has 3 aromatic rings. The highest BCUT2D eigenvalue weighted by Gasteiger charge is 2.34. The summed E-state index contributed by atoms with van der Waals surface area (Å²) in [6, 6.07) is 15.2. The number of carbonyl (C=O) groups excluding carboxylic acids is 1. The molecule has 0 fully saturated rings. The first-order chi connectivity index (χ1) is 13.2. The first-order valence-electron chi connectivity index (χ1n) is 8.48. The maximum absolute atomic E-state index is 12.9. The van der Waals surface area contributed by atoms with Crippen LogP contribution in [0.1, 0.15) is 23.1 Å². The molecule has 4 rings (SSSR count). The summed E-state index contributed by atoms with van der Waals surface area (Å²) >= 11 is 3.12. The molecule has 7 heteroatoms. The van der Waals surface area contributed by atoms with E-state index in [9.17, 15) is 4.79 Å². The summed E-state index contributed by atoms with van der Waals surface area (Å²) in [5.41, 5.74) is 0.925. The third kappa shape index (κ3) is 3.94. The molecule has 138 valence electrons. The van der Waals surface area contributed by atoms with Crippen LogP contribution in [0.4, 0.5) is 0 Å². The van der Waals surface area contributed by atoms with Crippen LogP contribution in [-0.2, 0) is 4.79 Å². The third-order valence-corrected chi connectivity index (χ3v) is 6.18. The minimum Gasteiger partial charge on any atom is -0.497 e. The number of nitrogens with zero attached hydrogens (tertiary/aromatic N) is 2. The van der Waals surface area contributed by atoms with Gasteiger partial charge in [-0.3, -0.25) is 4.79 Å². The number of hydrogen-bond acceptors (Lipinski definition) is 6. The standard InChI is InChI=1S/C20H18N2O3S2/c1-24-14-6-8-15(9-7-14)27-13-20(23)22-17(18-4-2-10-25-18)12-16(21-22)19-5-3-11-26-19/h2-11,17H,12-13H2,1H3/t17-/m0/s1. The van der Waals surface area contributed by atoms with Crippen molar-refractivity contribution in [1.82, 2.24) is 5.01 Å². The second kappa shape index (κ2) is 8.02. The van der Waals surface area contributed by atoms with Crippen molar-refractivity contribution in [2.75, 3.05) is 12.9 Å². The van der Waals surface area contributed by atoms with Gasteiger partial charge in [-0.2, -0.15) is 5.10 Å². The number of amides is 1. The van der Waals surface area contributed by atoms with E-state index in [0.29, 0.717) is 12.2 Å². The van der Waals surface area contributed by atoms with E-state index in [2.05, 4.69) is 5.10 Å². The lowest BCUT2D eigenvalue weighted by Gasteiger charge is -2.19. The predicted octanol–water partition coefficient (Wildman–Crippen LogP) is 4.82. The summed E-state index contributed by atoms with van der Waals surface area (Å²) in [5, 5.41) is 8.22. The highest BCUT2D eigenvalue weighted by molar-refractivity contribution is 8.00. The number of thioether (sulfide) groups is 1. The Morgan fingerprint density at radius 3 is 2.81 bits per heavy atom. The van der Waals surface area contributed by atoms with Crippen LogP contribution in [0.3, 0.4) is 0 Å². The lowest BCUT2D eigenvalue weighted by Crippen LogP contribution is -2.28. The van der Waals surface area contributed by atoms with Crippen LogP contribution < -0.4 is 4.74 Å². The van der Waals surface area contributed by atoms with Crippen LogP contribution in [0, 0.1) is 0 Å². The molecule has 1 atom stereocenters. The minimum absolute atomic E-state index is 0.0382. The van der Waals surface area contributed by atoms with Crippen LogP contribution in [0.15, 0.2) is 74.6 Å². The van der Waals surface area contributed by atoms with Gasteiger partial charge in [0.2, 0.25) is 0 Å². The van der Waals surface area contributed by atoms with Crippen molar-refractivity contribution in [2.24, 2.45) is 5.10 Å². The average molecular weight is 399 g/mol. The maximum Gasteiger partial charge on any atom is 0.253 e. The molecule has 0 radical (unpaired) electrons. The summed E-state index contributed by atoms with van der Waals surface area (Å²) in [6.45, 7) is 0. The second-order valence-electron chi connectivity index (χ2n) is 5.96. The van der Waals surface area contributed by atoms with E-state index in [1.54, 1.807) is 29.7 Å². The van der Waals surface area contributed by atoms with Crippen molar-refractivity contribution in [3.05, 3.63) is 70.8 Å². The molecular weight excluding hydrogens is 380 g/mol. The van der Waals surface area contributed by atoms with Crippen LogP contribution in [0.5, 0.6) is 5.75 Å². The van der Waals surface area contributed by atoms with Gasteiger partial charge < -0.3 is 9.15 Å². The molecule has 3 heterocycles. The van der Waals surface area contributed by atoms with Gasteiger partial charge in [-0.1, -0.05) is 6.07 Å². The zero-order valence-electron chi connectivity index (χ0n) is 14.7. The SMILES string of the molecule is COc1ccc(SCC(=O)N2N=C(c3cccs3)C[C@H]2c2ccco2)cc1. The minimum atomic E-state index is -0.193. The summed E-state index contributed by atoms with van der Waals surface area (Å²) in [7, 11) is 1.64. The molecule has 1 aliphatic heterocycles. The average Bonchev–Trinajstić information content (AvgIpc) is 3.46. The fourth-order valence-corrected chi connectivity index (χ4v) is 4.39. The first kappa shape index (κ1) is 17.9. The monoisotopic (exact) mass is 398 g/mol. The normalized spacial score (nSPS) is 16.4. The summed E-state index contributed by atoms with van der Waals surface area (Å²) < 4.78 is 10.7. The molecule has 0 bridgehead atoms. The molecule has 1 aliphatic rings. The molecule has 0 N–H and O–H groups in total. The topological polar surface area (TPSA) is 55.0 Å². The van der Waals surface area contributed by atoms with Gasteiger partial charge in [0, 0.05) is 11.3 Å². The van der Waals surface area contributed by atoms with Gasteiger partial charge in [0.05, 0.1) is 29.7 Å². The van der Waals surface area contributed by atoms with E-state index in [4.69, 9.17) is 9.15 Å². The summed E-state index contributed by atoms with van der Waals surface area (Å²) in [5.74, 6) is 1.83. The smallest absolute Gasteiger partial charge is 0.253 e. The fraction of sp³-hybridized carbons (Fsp3) is 0.200. The largest absolute Gasteiger partial charge is 0.497 e. The maximum atomic E-state index is 12.9. The number of methoxy groups -OCH3 is 1. The Hall–Kier alpha value is -2.51.